The maximum atomic E-state index is 13.2. The molecule has 6 rings (SSSR count). The Balaban J connectivity index is 1.20. The molecule has 2 bridgehead atoms. The molecule has 2 fully saturated rings. The Morgan fingerprint density at radius 3 is 2.40 bits per heavy atom. The minimum Gasteiger partial charge on any atom is -0.366 e. The van der Waals surface area contributed by atoms with Crippen molar-refractivity contribution >= 4 is 57.9 Å². The highest BCUT2D eigenvalue weighted by atomic mass is 35.5. The average molecular weight is 510 g/mol. The molecule has 2 atom stereocenters. The molecule has 2 aromatic carbocycles. The summed E-state index contributed by atoms with van der Waals surface area (Å²) in [6.45, 7) is 2.48. The lowest BCUT2D eigenvalue weighted by Crippen LogP contribution is -2.46. The highest BCUT2D eigenvalue weighted by Crippen LogP contribution is 2.38. The first-order valence-corrected chi connectivity index (χ1v) is 12.3. The molecule has 1 amide bonds. The van der Waals surface area contributed by atoms with E-state index in [0.717, 1.165) is 18.8 Å². The Hall–Kier alpha value is -3.07. The van der Waals surface area contributed by atoms with Gasteiger partial charge in [0.1, 0.15) is 11.4 Å². The molecule has 0 unspecified atom stereocenters. The molecule has 3 aliphatic rings. The first kappa shape index (κ1) is 22.4. The smallest absolute Gasteiger partial charge is 0.265 e. The summed E-state index contributed by atoms with van der Waals surface area (Å²) < 4.78 is 0. The summed E-state index contributed by atoms with van der Waals surface area (Å²) in [5, 5.41) is 4.10. The molecular weight excluding hydrogens is 485 g/mol. The minimum atomic E-state index is -0.241. The largest absolute Gasteiger partial charge is 0.366 e. The van der Waals surface area contributed by atoms with Crippen molar-refractivity contribution in [1.29, 1.82) is 0 Å². The summed E-state index contributed by atoms with van der Waals surface area (Å²) in [7, 11) is 4.08. The van der Waals surface area contributed by atoms with Crippen LogP contribution in [0.25, 0.3) is 0 Å². The SMILES string of the molecule is CN1CN(c2c(Cl)cccc2Cl)C(=O)c2cnc(Nc3ccc(N4C[C@@H]5C[C@H]4CN5C)cc3)nc21. The number of rotatable bonds is 4. The fourth-order valence-corrected chi connectivity index (χ4v) is 5.93. The third kappa shape index (κ3) is 3.86. The molecule has 3 aliphatic heterocycles. The highest BCUT2D eigenvalue weighted by Gasteiger charge is 2.41. The van der Waals surface area contributed by atoms with Gasteiger partial charge in [0.2, 0.25) is 5.95 Å². The Morgan fingerprint density at radius 2 is 1.74 bits per heavy atom. The number of likely N-dealkylation sites (tertiary alicyclic amines) is 1. The van der Waals surface area contributed by atoms with E-state index in [1.807, 2.05) is 24.1 Å². The summed E-state index contributed by atoms with van der Waals surface area (Å²) in [5.74, 6) is 0.748. The van der Waals surface area contributed by atoms with Crippen molar-refractivity contribution in [3.8, 4) is 0 Å². The van der Waals surface area contributed by atoms with E-state index in [9.17, 15) is 4.79 Å². The number of amides is 1. The molecule has 180 valence electrons. The molecular formula is C25H25Cl2N7O. The van der Waals surface area contributed by atoms with E-state index < -0.39 is 0 Å². The predicted molar refractivity (Wildman–Crippen MR) is 140 cm³/mol. The van der Waals surface area contributed by atoms with Gasteiger partial charge in [-0.05, 0) is 49.9 Å². The number of para-hydroxylation sites is 1. The van der Waals surface area contributed by atoms with E-state index >= 15 is 0 Å². The van der Waals surface area contributed by atoms with Gasteiger partial charge in [-0.1, -0.05) is 29.3 Å². The minimum absolute atomic E-state index is 0.241. The van der Waals surface area contributed by atoms with Crippen molar-refractivity contribution in [3.05, 3.63) is 64.3 Å². The van der Waals surface area contributed by atoms with Crippen molar-refractivity contribution in [1.82, 2.24) is 14.9 Å². The second-order valence-electron chi connectivity index (χ2n) is 9.38. The van der Waals surface area contributed by atoms with Crippen LogP contribution in [0.2, 0.25) is 10.0 Å². The average Bonchev–Trinajstić information content (AvgIpc) is 3.42. The van der Waals surface area contributed by atoms with Gasteiger partial charge in [0, 0.05) is 49.8 Å². The first-order chi connectivity index (χ1) is 16.9. The van der Waals surface area contributed by atoms with Crippen LogP contribution in [0, 0.1) is 0 Å². The molecule has 1 aromatic heterocycles. The number of nitrogens with zero attached hydrogens (tertiary/aromatic N) is 6. The van der Waals surface area contributed by atoms with Crippen LogP contribution in [0.1, 0.15) is 16.8 Å². The van der Waals surface area contributed by atoms with Crippen molar-refractivity contribution < 1.29 is 4.79 Å². The summed E-state index contributed by atoms with van der Waals surface area (Å²) in [6, 6.07) is 14.8. The Labute approximate surface area is 214 Å². The van der Waals surface area contributed by atoms with Gasteiger partial charge in [-0.25, -0.2) is 4.98 Å². The predicted octanol–water partition coefficient (Wildman–Crippen LogP) is 4.47. The van der Waals surface area contributed by atoms with Gasteiger partial charge >= 0.3 is 0 Å². The number of likely N-dealkylation sites (N-methyl/N-ethyl adjacent to an activating group) is 1. The highest BCUT2D eigenvalue weighted by molar-refractivity contribution is 6.40. The summed E-state index contributed by atoms with van der Waals surface area (Å²) in [6.07, 6.45) is 2.79. The Morgan fingerprint density at radius 1 is 1.00 bits per heavy atom. The number of hydrogen-bond donors (Lipinski definition) is 1. The number of carbonyl (C=O) groups is 1. The van der Waals surface area contributed by atoms with Crippen LogP contribution < -0.4 is 20.0 Å². The molecule has 2 saturated heterocycles. The van der Waals surface area contributed by atoms with Crippen LogP contribution in [0.5, 0.6) is 0 Å². The summed E-state index contributed by atoms with van der Waals surface area (Å²) in [4.78, 5) is 30.7. The van der Waals surface area contributed by atoms with Gasteiger partial charge in [-0.15, -0.1) is 0 Å². The monoisotopic (exact) mass is 509 g/mol. The van der Waals surface area contributed by atoms with Crippen molar-refractivity contribution in [2.45, 2.75) is 18.5 Å². The van der Waals surface area contributed by atoms with Gasteiger partial charge in [0.15, 0.2) is 0 Å². The van der Waals surface area contributed by atoms with E-state index in [1.165, 1.54) is 12.1 Å². The number of hydrogen-bond acceptors (Lipinski definition) is 7. The second kappa shape index (κ2) is 8.55. The van der Waals surface area contributed by atoms with Crippen LogP contribution in [0.15, 0.2) is 48.7 Å². The number of anilines is 5. The third-order valence-electron chi connectivity index (χ3n) is 7.14. The van der Waals surface area contributed by atoms with E-state index in [2.05, 4.69) is 44.3 Å². The first-order valence-electron chi connectivity index (χ1n) is 11.6. The topological polar surface area (TPSA) is 67.8 Å². The van der Waals surface area contributed by atoms with Crippen molar-refractivity contribution in [3.63, 3.8) is 0 Å². The lowest BCUT2D eigenvalue weighted by Gasteiger charge is -2.35. The molecule has 35 heavy (non-hydrogen) atoms. The standard InChI is InChI=1S/C25H25Cl2N7O/c1-31-12-18-10-17(31)13-33(18)16-8-6-15(7-9-16)29-25-28-11-19-23(30-25)32(2)14-34(24(19)35)22-20(26)4-3-5-21(22)27/h3-9,11,17-18H,10,12-14H2,1-2H3,(H,28,29,30)/t17-,18-/m0/s1. The summed E-state index contributed by atoms with van der Waals surface area (Å²) in [5.41, 5.74) is 3.01. The lowest BCUT2D eigenvalue weighted by molar-refractivity contribution is 0.0982. The summed E-state index contributed by atoms with van der Waals surface area (Å²) >= 11 is 12.7. The van der Waals surface area contributed by atoms with E-state index in [0.29, 0.717) is 45.1 Å². The molecule has 0 aliphatic carbocycles. The van der Waals surface area contributed by atoms with Gasteiger partial charge in [-0.3, -0.25) is 14.6 Å². The molecule has 0 radical (unpaired) electrons. The van der Waals surface area contributed by atoms with Crippen LogP contribution in [0.4, 0.5) is 28.8 Å². The van der Waals surface area contributed by atoms with E-state index in [-0.39, 0.29) is 12.6 Å². The molecule has 4 heterocycles. The molecule has 8 nitrogen and oxygen atoms in total. The number of benzene rings is 2. The number of carbonyl (C=O) groups excluding carboxylic acids is 1. The molecule has 3 aromatic rings. The van der Waals surface area contributed by atoms with Crippen LogP contribution in [-0.4, -0.2) is 66.7 Å². The Kier molecular flexibility index (Phi) is 5.47. The number of fused-ring (bicyclic) bond motifs is 3. The molecule has 1 N–H and O–H groups in total. The molecule has 10 heteroatoms. The van der Waals surface area contributed by atoms with E-state index in [4.69, 9.17) is 23.2 Å². The second-order valence-corrected chi connectivity index (χ2v) is 10.2. The number of piperazine rings is 1. The maximum absolute atomic E-state index is 13.2. The lowest BCUT2D eigenvalue weighted by atomic mass is 10.2. The van der Waals surface area contributed by atoms with Crippen LogP contribution >= 0.6 is 23.2 Å². The normalized spacial score (nSPS) is 21.6. The number of nitrogens with one attached hydrogen (secondary N) is 1. The zero-order valence-electron chi connectivity index (χ0n) is 19.4. The van der Waals surface area contributed by atoms with E-state index in [1.54, 1.807) is 29.3 Å². The molecule has 0 spiro atoms. The molecule has 0 saturated carbocycles. The van der Waals surface area contributed by atoms with Gasteiger partial charge in [0.25, 0.3) is 5.91 Å². The van der Waals surface area contributed by atoms with Crippen LogP contribution in [-0.2, 0) is 0 Å². The quantitative estimate of drug-likeness (QED) is 0.556. The Bertz CT molecular complexity index is 1280. The fourth-order valence-electron chi connectivity index (χ4n) is 5.33. The van der Waals surface area contributed by atoms with Gasteiger partial charge in [0.05, 0.1) is 22.4 Å². The van der Waals surface area contributed by atoms with Gasteiger partial charge < -0.3 is 15.1 Å². The third-order valence-corrected chi connectivity index (χ3v) is 7.75. The zero-order chi connectivity index (χ0) is 24.3. The number of halogens is 2. The van der Waals surface area contributed by atoms with Gasteiger partial charge in [-0.2, -0.15) is 4.98 Å². The van der Waals surface area contributed by atoms with Crippen molar-refractivity contribution in [2.24, 2.45) is 0 Å². The number of aromatic nitrogens is 2. The maximum Gasteiger partial charge on any atom is 0.265 e. The van der Waals surface area contributed by atoms with Crippen LogP contribution in [0.3, 0.4) is 0 Å². The fraction of sp³-hybridized carbons (Fsp3) is 0.320. The van der Waals surface area contributed by atoms with Crippen molar-refractivity contribution in [2.75, 3.05) is 53.9 Å². The zero-order valence-corrected chi connectivity index (χ0v) is 21.0.